The van der Waals surface area contributed by atoms with Gasteiger partial charge < -0.3 is 10.1 Å². The van der Waals surface area contributed by atoms with Gasteiger partial charge in [-0.05, 0) is 30.7 Å². The topological polar surface area (TPSA) is 92.0 Å². The van der Waals surface area contributed by atoms with Crippen LogP contribution >= 0.6 is 0 Å². The fourth-order valence-corrected chi connectivity index (χ4v) is 2.16. The predicted molar refractivity (Wildman–Crippen MR) is 74.6 cm³/mol. The number of fused-ring (bicyclic) bond motifs is 1. The molecule has 6 heteroatoms. The molecule has 3 aromatic rings. The van der Waals surface area contributed by atoms with Gasteiger partial charge >= 0.3 is 5.69 Å². The lowest BCUT2D eigenvalue weighted by atomic mass is 10.1. The summed E-state index contributed by atoms with van der Waals surface area (Å²) >= 11 is 0. The molecule has 0 unspecified atom stereocenters. The standard InChI is InChI=1S/C14H11N3O3/c1-8-6-9(13(18)12(7-8)17(19)20)14-15-10-4-2-3-5-11(10)16-14/h2-7,18H,1H3,(H,15,16). The maximum Gasteiger partial charge on any atom is 0.311 e. The van der Waals surface area contributed by atoms with Crippen LogP contribution in [0.4, 0.5) is 5.69 Å². The molecule has 0 aliphatic heterocycles. The maximum absolute atomic E-state index is 10.9. The van der Waals surface area contributed by atoms with Crippen molar-refractivity contribution in [3.8, 4) is 17.1 Å². The second-order valence-electron chi connectivity index (χ2n) is 4.54. The Bertz CT molecular complexity index is 791. The van der Waals surface area contributed by atoms with Crippen LogP contribution in [0, 0.1) is 17.0 Å². The zero-order valence-electron chi connectivity index (χ0n) is 10.6. The summed E-state index contributed by atoms with van der Waals surface area (Å²) in [7, 11) is 0. The second-order valence-corrected chi connectivity index (χ2v) is 4.54. The van der Waals surface area contributed by atoms with Crippen LogP contribution in [0.3, 0.4) is 0 Å². The van der Waals surface area contributed by atoms with Gasteiger partial charge in [0.25, 0.3) is 0 Å². The van der Waals surface area contributed by atoms with Crippen LogP contribution in [0.1, 0.15) is 5.56 Å². The molecule has 2 aromatic carbocycles. The van der Waals surface area contributed by atoms with Crippen LogP contribution in [0.2, 0.25) is 0 Å². The van der Waals surface area contributed by atoms with E-state index in [1.54, 1.807) is 13.0 Å². The minimum Gasteiger partial charge on any atom is -0.502 e. The van der Waals surface area contributed by atoms with Crippen molar-refractivity contribution in [3.63, 3.8) is 0 Å². The first kappa shape index (κ1) is 12.2. The number of aromatic hydroxyl groups is 1. The Hall–Kier alpha value is -2.89. The van der Waals surface area contributed by atoms with Crippen molar-refractivity contribution in [3.05, 3.63) is 52.1 Å². The zero-order valence-corrected chi connectivity index (χ0v) is 10.6. The van der Waals surface area contributed by atoms with Gasteiger partial charge in [0, 0.05) is 6.07 Å². The molecule has 0 saturated heterocycles. The Morgan fingerprint density at radius 2 is 2.05 bits per heavy atom. The monoisotopic (exact) mass is 269 g/mol. The van der Waals surface area contributed by atoms with Crippen LogP contribution in [0.15, 0.2) is 36.4 Å². The van der Waals surface area contributed by atoms with Gasteiger partial charge in [0.2, 0.25) is 5.75 Å². The number of nitro benzene ring substituents is 1. The number of para-hydroxylation sites is 2. The van der Waals surface area contributed by atoms with Crippen molar-refractivity contribution in [2.45, 2.75) is 6.92 Å². The number of H-pyrrole nitrogens is 1. The smallest absolute Gasteiger partial charge is 0.311 e. The van der Waals surface area contributed by atoms with Crippen molar-refractivity contribution in [1.82, 2.24) is 9.97 Å². The molecule has 1 aromatic heterocycles. The van der Waals surface area contributed by atoms with E-state index in [0.717, 1.165) is 11.0 Å². The van der Waals surface area contributed by atoms with Crippen molar-refractivity contribution in [2.75, 3.05) is 0 Å². The zero-order chi connectivity index (χ0) is 14.3. The minimum atomic E-state index is -0.603. The molecule has 6 nitrogen and oxygen atoms in total. The maximum atomic E-state index is 10.9. The number of hydrogen-bond acceptors (Lipinski definition) is 4. The number of imidazole rings is 1. The van der Waals surface area contributed by atoms with E-state index in [1.165, 1.54) is 6.07 Å². The van der Waals surface area contributed by atoms with Crippen LogP contribution < -0.4 is 0 Å². The SMILES string of the molecule is Cc1cc(-c2nc3ccccc3[nH]2)c(O)c([N+](=O)[O-])c1. The Labute approximate surface area is 113 Å². The van der Waals surface area contributed by atoms with E-state index >= 15 is 0 Å². The number of aromatic nitrogens is 2. The predicted octanol–water partition coefficient (Wildman–Crippen LogP) is 3.15. The third-order valence-corrected chi connectivity index (χ3v) is 3.08. The molecule has 1 heterocycles. The molecule has 0 radical (unpaired) electrons. The summed E-state index contributed by atoms with van der Waals surface area (Å²) in [5, 5.41) is 21.0. The van der Waals surface area contributed by atoms with Gasteiger partial charge in [-0.25, -0.2) is 4.98 Å². The van der Waals surface area contributed by atoms with Crippen LogP contribution in [0.5, 0.6) is 5.75 Å². The number of phenols is 1. The normalized spacial score (nSPS) is 10.8. The molecule has 0 atom stereocenters. The molecule has 0 saturated carbocycles. The first-order valence-corrected chi connectivity index (χ1v) is 5.99. The molecule has 0 aliphatic rings. The highest BCUT2D eigenvalue weighted by Crippen LogP contribution is 2.37. The third kappa shape index (κ3) is 1.87. The summed E-state index contributed by atoms with van der Waals surface area (Å²) in [5.74, 6) is 0.0372. The van der Waals surface area contributed by atoms with Crippen molar-refractivity contribution in [1.29, 1.82) is 0 Å². The summed E-state index contributed by atoms with van der Waals surface area (Å²) < 4.78 is 0. The number of aromatic amines is 1. The third-order valence-electron chi connectivity index (χ3n) is 3.08. The molecule has 0 amide bonds. The van der Waals surface area contributed by atoms with Crippen molar-refractivity contribution < 1.29 is 10.0 Å². The second kappa shape index (κ2) is 4.34. The highest BCUT2D eigenvalue weighted by atomic mass is 16.6. The van der Waals surface area contributed by atoms with E-state index in [9.17, 15) is 15.2 Å². The number of rotatable bonds is 2. The molecule has 0 aliphatic carbocycles. The Kier molecular flexibility index (Phi) is 2.64. The summed E-state index contributed by atoms with van der Waals surface area (Å²) in [6, 6.07) is 10.4. The van der Waals surface area contributed by atoms with E-state index in [4.69, 9.17) is 0 Å². The minimum absolute atomic E-state index is 0.319. The fraction of sp³-hybridized carbons (Fsp3) is 0.0714. The lowest BCUT2D eigenvalue weighted by molar-refractivity contribution is -0.385. The van der Waals surface area contributed by atoms with Gasteiger partial charge in [-0.1, -0.05) is 12.1 Å². The first-order valence-electron chi connectivity index (χ1n) is 5.99. The van der Waals surface area contributed by atoms with E-state index in [0.29, 0.717) is 17.0 Å². The molecular formula is C14H11N3O3. The quantitative estimate of drug-likeness (QED) is 0.552. The number of aryl methyl sites for hydroxylation is 1. The number of phenolic OH excluding ortho intramolecular Hbond substituents is 1. The van der Waals surface area contributed by atoms with Gasteiger partial charge in [0.1, 0.15) is 5.82 Å². The van der Waals surface area contributed by atoms with Crippen molar-refractivity contribution >= 4 is 16.7 Å². The van der Waals surface area contributed by atoms with Gasteiger partial charge in [-0.3, -0.25) is 10.1 Å². The van der Waals surface area contributed by atoms with Gasteiger partial charge in [-0.15, -0.1) is 0 Å². The number of benzene rings is 2. The van der Waals surface area contributed by atoms with Gasteiger partial charge in [0.05, 0.1) is 21.5 Å². The molecule has 0 fully saturated rings. The Morgan fingerprint density at radius 1 is 1.30 bits per heavy atom. The molecule has 100 valence electrons. The highest BCUT2D eigenvalue weighted by molar-refractivity contribution is 5.82. The molecule has 0 spiro atoms. The number of nitro groups is 1. The highest BCUT2D eigenvalue weighted by Gasteiger charge is 2.20. The number of nitrogens with one attached hydrogen (secondary N) is 1. The summed E-state index contributed by atoms with van der Waals surface area (Å²) in [4.78, 5) is 17.7. The summed E-state index contributed by atoms with van der Waals surface area (Å²) in [6.45, 7) is 1.73. The Morgan fingerprint density at radius 3 is 2.75 bits per heavy atom. The fourth-order valence-electron chi connectivity index (χ4n) is 2.16. The average Bonchev–Trinajstić information content (AvgIpc) is 2.84. The number of nitrogens with zero attached hydrogens (tertiary/aromatic N) is 2. The average molecular weight is 269 g/mol. The van der Waals surface area contributed by atoms with E-state index in [2.05, 4.69) is 9.97 Å². The summed E-state index contributed by atoms with van der Waals surface area (Å²) in [5.41, 5.74) is 2.25. The van der Waals surface area contributed by atoms with Crippen LogP contribution in [-0.4, -0.2) is 20.0 Å². The molecular weight excluding hydrogens is 258 g/mol. The molecule has 0 bridgehead atoms. The Balaban J connectivity index is 2.25. The van der Waals surface area contributed by atoms with Crippen LogP contribution in [-0.2, 0) is 0 Å². The largest absolute Gasteiger partial charge is 0.502 e. The first-order chi connectivity index (χ1) is 9.56. The van der Waals surface area contributed by atoms with E-state index in [-0.39, 0.29) is 11.4 Å². The molecule has 3 rings (SSSR count). The van der Waals surface area contributed by atoms with Gasteiger partial charge in [-0.2, -0.15) is 0 Å². The van der Waals surface area contributed by atoms with Crippen LogP contribution in [0.25, 0.3) is 22.4 Å². The van der Waals surface area contributed by atoms with E-state index in [1.807, 2.05) is 24.3 Å². The van der Waals surface area contributed by atoms with E-state index < -0.39 is 4.92 Å². The van der Waals surface area contributed by atoms with Gasteiger partial charge in [0.15, 0.2) is 0 Å². The summed E-state index contributed by atoms with van der Waals surface area (Å²) in [6.07, 6.45) is 0. The van der Waals surface area contributed by atoms with Crippen molar-refractivity contribution in [2.24, 2.45) is 0 Å². The lowest BCUT2D eigenvalue weighted by Gasteiger charge is -2.04. The lowest BCUT2D eigenvalue weighted by Crippen LogP contribution is -1.92. The molecule has 20 heavy (non-hydrogen) atoms. The number of hydrogen-bond donors (Lipinski definition) is 2. The molecule has 2 N–H and O–H groups in total.